The molecule has 0 saturated carbocycles. The van der Waals surface area contributed by atoms with E-state index in [9.17, 15) is 8.42 Å². The number of hydrogen-bond acceptors (Lipinski definition) is 5. The van der Waals surface area contributed by atoms with E-state index in [0.717, 1.165) is 11.4 Å². The van der Waals surface area contributed by atoms with Crippen LogP contribution in [0.2, 0.25) is 0 Å². The van der Waals surface area contributed by atoms with Crippen LogP contribution in [0.15, 0.2) is 18.3 Å². The Morgan fingerprint density at radius 2 is 2.29 bits per heavy atom. The largest absolute Gasteiger partial charge is 0.392 e. The predicted octanol–water partition coefficient (Wildman–Crippen LogP) is 0.197. The zero-order chi connectivity index (χ0) is 12.5. The molecule has 0 radical (unpaired) electrons. The van der Waals surface area contributed by atoms with Gasteiger partial charge in [0, 0.05) is 18.8 Å². The van der Waals surface area contributed by atoms with Gasteiger partial charge >= 0.3 is 0 Å². The third-order valence-corrected chi connectivity index (χ3v) is 4.75. The molecule has 0 amide bonds. The topological polar surface area (TPSA) is 70.5 Å². The Bertz CT molecular complexity index is 484. The lowest BCUT2D eigenvalue weighted by atomic mass is 10.2. The van der Waals surface area contributed by atoms with E-state index in [-0.39, 0.29) is 24.2 Å². The maximum Gasteiger partial charge on any atom is 0.154 e. The first kappa shape index (κ1) is 12.3. The zero-order valence-electron chi connectivity index (χ0n) is 9.70. The molecule has 1 aliphatic rings. The van der Waals surface area contributed by atoms with Crippen molar-refractivity contribution in [3.8, 4) is 0 Å². The van der Waals surface area contributed by atoms with Crippen LogP contribution in [0.3, 0.4) is 0 Å². The molecular weight excluding hydrogens is 240 g/mol. The minimum atomic E-state index is -2.90. The van der Waals surface area contributed by atoms with Gasteiger partial charge in [0.05, 0.1) is 18.1 Å². The van der Waals surface area contributed by atoms with Gasteiger partial charge in [-0.25, -0.2) is 13.4 Å². The Hall–Kier alpha value is -1.14. The molecule has 0 aliphatic carbocycles. The van der Waals surface area contributed by atoms with Crippen LogP contribution < -0.4 is 4.90 Å². The van der Waals surface area contributed by atoms with E-state index >= 15 is 0 Å². The predicted molar refractivity (Wildman–Crippen MR) is 65.6 cm³/mol. The minimum Gasteiger partial charge on any atom is -0.392 e. The second kappa shape index (κ2) is 4.62. The molecule has 1 fully saturated rings. The van der Waals surface area contributed by atoms with Crippen molar-refractivity contribution < 1.29 is 13.5 Å². The molecule has 6 heteroatoms. The van der Waals surface area contributed by atoms with Crippen LogP contribution in [0.1, 0.15) is 12.5 Å². The van der Waals surface area contributed by atoms with E-state index in [1.807, 2.05) is 17.9 Å². The van der Waals surface area contributed by atoms with Gasteiger partial charge in [-0.05, 0) is 18.6 Å². The van der Waals surface area contributed by atoms with Gasteiger partial charge in [-0.15, -0.1) is 0 Å². The molecule has 17 heavy (non-hydrogen) atoms. The van der Waals surface area contributed by atoms with Gasteiger partial charge in [0.1, 0.15) is 5.82 Å². The first-order chi connectivity index (χ1) is 8.02. The Kier molecular flexibility index (Phi) is 3.35. The van der Waals surface area contributed by atoms with Gasteiger partial charge < -0.3 is 10.0 Å². The molecule has 1 saturated heterocycles. The standard InChI is InChI=1S/C11H16N2O3S/c1-9-8-17(15,16)5-4-13(9)11-3-2-10(7-14)6-12-11/h2-3,6,9,14H,4-5,7-8H2,1H3. The van der Waals surface area contributed by atoms with Crippen molar-refractivity contribution in [3.05, 3.63) is 23.9 Å². The average Bonchev–Trinajstić information content (AvgIpc) is 2.28. The molecular formula is C11H16N2O3S. The fraction of sp³-hybridized carbons (Fsp3) is 0.545. The normalized spacial score (nSPS) is 23.6. The van der Waals surface area contributed by atoms with Crippen LogP contribution in [0.25, 0.3) is 0 Å². The van der Waals surface area contributed by atoms with Gasteiger partial charge in [0.15, 0.2) is 9.84 Å². The Morgan fingerprint density at radius 1 is 1.53 bits per heavy atom. The highest BCUT2D eigenvalue weighted by molar-refractivity contribution is 7.91. The van der Waals surface area contributed by atoms with Crippen LogP contribution in [0.4, 0.5) is 5.82 Å². The number of aromatic nitrogens is 1. The first-order valence-corrected chi connectivity index (χ1v) is 7.37. The van der Waals surface area contributed by atoms with Crippen molar-refractivity contribution >= 4 is 15.7 Å². The van der Waals surface area contributed by atoms with Crippen molar-refractivity contribution in [1.82, 2.24) is 4.98 Å². The van der Waals surface area contributed by atoms with Crippen LogP contribution in [0, 0.1) is 0 Å². The zero-order valence-corrected chi connectivity index (χ0v) is 10.5. The summed E-state index contributed by atoms with van der Waals surface area (Å²) in [6, 6.07) is 3.57. The lowest BCUT2D eigenvalue weighted by molar-refractivity contribution is 0.281. The fourth-order valence-electron chi connectivity index (χ4n) is 2.02. The van der Waals surface area contributed by atoms with Crippen LogP contribution in [-0.4, -0.2) is 42.6 Å². The Labute approximate surface area is 101 Å². The summed E-state index contributed by atoms with van der Waals surface area (Å²) in [6.07, 6.45) is 1.62. The fourth-order valence-corrected chi connectivity index (χ4v) is 3.58. The van der Waals surface area contributed by atoms with E-state index in [1.165, 1.54) is 0 Å². The number of nitrogens with zero attached hydrogens (tertiary/aromatic N) is 2. The van der Waals surface area contributed by atoms with Crippen molar-refractivity contribution in [3.63, 3.8) is 0 Å². The highest BCUT2D eigenvalue weighted by Gasteiger charge is 2.28. The quantitative estimate of drug-likeness (QED) is 0.818. The van der Waals surface area contributed by atoms with Gasteiger partial charge in [0.25, 0.3) is 0 Å². The summed E-state index contributed by atoms with van der Waals surface area (Å²) in [6.45, 7) is 2.34. The molecule has 1 aromatic rings. The number of pyridine rings is 1. The highest BCUT2D eigenvalue weighted by Crippen LogP contribution is 2.19. The maximum absolute atomic E-state index is 11.5. The second-order valence-corrected chi connectivity index (χ2v) is 6.57. The van der Waals surface area contributed by atoms with Crippen molar-refractivity contribution in [2.75, 3.05) is 23.0 Å². The van der Waals surface area contributed by atoms with E-state index in [2.05, 4.69) is 4.98 Å². The SMILES string of the molecule is CC1CS(=O)(=O)CCN1c1ccc(CO)cn1. The molecule has 1 unspecified atom stereocenters. The van der Waals surface area contributed by atoms with E-state index < -0.39 is 9.84 Å². The van der Waals surface area contributed by atoms with Gasteiger partial charge in [-0.3, -0.25) is 0 Å². The molecule has 1 aromatic heterocycles. The third kappa shape index (κ3) is 2.76. The summed E-state index contributed by atoms with van der Waals surface area (Å²) in [4.78, 5) is 6.23. The van der Waals surface area contributed by atoms with Gasteiger partial charge in [-0.1, -0.05) is 6.07 Å². The third-order valence-electron chi connectivity index (χ3n) is 2.96. The number of aliphatic hydroxyl groups is 1. The van der Waals surface area contributed by atoms with E-state index in [4.69, 9.17) is 5.11 Å². The molecule has 2 heterocycles. The summed E-state index contributed by atoms with van der Waals surface area (Å²) in [7, 11) is -2.90. The smallest absolute Gasteiger partial charge is 0.154 e. The summed E-state index contributed by atoms with van der Waals surface area (Å²) in [5.41, 5.74) is 0.756. The summed E-state index contributed by atoms with van der Waals surface area (Å²) < 4.78 is 22.9. The number of sulfone groups is 1. The van der Waals surface area contributed by atoms with Crippen LogP contribution in [0.5, 0.6) is 0 Å². The minimum absolute atomic E-state index is 0.0305. The highest BCUT2D eigenvalue weighted by atomic mass is 32.2. The molecule has 1 atom stereocenters. The van der Waals surface area contributed by atoms with E-state index in [0.29, 0.717) is 6.54 Å². The molecule has 0 spiro atoms. The molecule has 1 N–H and O–H groups in total. The Morgan fingerprint density at radius 3 is 2.82 bits per heavy atom. The van der Waals surface area contributed by atoms with Crippen molar-refractivity contribution in [2.45, 2.75) is 19.6 Å². The van der Waals surface area contributed by atoms with Gasteiger partial charge in [0.2, 0.25) is 0 Å². The number of hydrogen-bond donors (Lipinski definition) is 1. The lowest BCUT2D eigenvalue weighted by Gasteiger charge is -2.34. The molecule has 94 valence electrons. The molecule has 0 bridgehead atoms. The molecule has 5 nitrogen and oxygen atoms in total. The first-order valence-electron chi connectivity index (χ1n) is 5.55. The lowest BCUT2D eigenvalue weighted by Crippen LogP contribution is -2.47. The number of aliphatic hydroxyl groups excluding tert-OH is 1. The van der Waals surface area contributed by atoms with Gasteiger partial charge in [-0.2, -0.15) is 0 Å². The monoisotopic (exact) mass is 256 g/mol. The Balaban J connectivity index is 2.17. The second-order valence-electron chi connectivity index (χ2n) is 4.34. The van der Waals surface area contributed by atoms with Crippen LogP contribution >= 0.6 is 0 Å². The molecule has 2 rings (SSSR count). The number of rotatable bonds is 2. The number of anilines is 1. The summed E-state index contributed by atoms with van der Waals surface area (Å²) in [5.74, 6) is 1.13. The maximum atomic E-state index is 11.5. The molecule has 1 aliphatic heterocycles. The average molecular weight is 256 g/mol. The van der Waals surface area contributed by atoms with Crippen molar-refractivity contribution in [2.24, 2.45) is 0 Å². The summed E-state index contributed by atoms with van der Waals surface area (Å²) >= 11 is 0. The summed E-state index contributed by atoms with van der Waals surface area (Å²) in [5, 5.41) is 8.93. The van der Waals surface area contributed by atoms with Crippen molar-refractivity contribution in [1.29, 1.82) is 0 Å². The van der Waals surface area contributed by atoms with E-state index in [1.54, 1.807) is 12.3 Å². The van der Waals surface area contributed by atoms with Crippen LogP contribution in [-0.2, 0) is 16.4 Å². The molecule has 0 aromatic carbocycles.